The summed E-state index contributed by atoms with van der Waals surface area (Å²) in [5.74, 6) is -0.734. The van der Waals surface area contributed by atoms with Crippen LogP contribution in [0.25, 0.3) is 0 Å². The summed E-state index contributed by atoms with van der Waals surface area (Å²) in [7, 11) is 1.48. The molecular formula is C15H19FO3. The van der Waals surface area contributed by atoms with E-state index in [1.807, 2.05) is 0 Å². The number of hydrogen-bond acceptors (Lipinski definition) is 2. The van der Waals surface area contributed by atoms with Crippen molar-refractivity contribution < 1.29 is 19.0 Å². The molecule has 1 aromatic carbocycles. The highest BCUT2D eigenvalue weighted by Gasteiger charge is 2.40. The number of methoxy groups -OCH3 is 1. The van der Waals surface area contributed by atoms with Crippen LogP contribution < -0.4 is 4.74 Å². The third-order valence-corrected chi connectivity index (χ3v) is 4.05. The van der Waals surface area contributed by atoms with Crippen molar-refractivity contribution in [3.8, 4) is 5.75 Å². The molecule has 1 aromatic rings. The van der Waals surface area contributed by atoms with E-state index in [2.05, 4.69) is 0 Å². The molecule has 1 aliphatic rings. The van der Waals surface area contributed by atoms with Crippen molar-refractivity contribution in [3.63, 3.8) is 0 Å². The summed E-state index contributed by atoms with van der Waals surface area (Å²) in [6.45, 7) is 0. The Hall–Kier alpha value is -1.58. The van der Waals surface area contributed by atoms with Crippen molar-refractivity contribution >= 4 is 5.97 Å². The number of benzene rings is 1. The minimum absolute atomic E-state index is 0.262. The Morgan fingerprint density at radius 1 is 1.37 bits per heavy atom. The van der Waals surface area contributed by atoms with E-state index in [0.29, 0.717) is 24.2 Å². The van der Waals surface area contributed by atoms with E-state index in [0.717, 1.165) is 19.3 Å². The number of rotatable bonds is 4. The number of carboxylic acids is 1. The summed E-state index contributed by atoms with van der Waals surface area (Å²) in [6, 6.07) is 4.62. The van der Waals surface area contributed by atoms with Crippen LogP contribution in [0.3, 0.4) is 0 Å². The normalized spacial score (nSPS) is 18.0. The maximum atomic E-state index is 14.0. The monoisotopic (exact) mass is 266 g/mol. The van der Waals surface area contributed by atoms with Crippen LogP contribution in [-0.2, 0) is 11.2 Å². The predicted molar refractivity (Wildman–Crippen MR) is 69.8 cm³/mol. The van der Waals surface area contributed by atoms with E-state index < -0.39 is 11.4 Å². The van der Waals surface area contributed by atoms with Gasteiger partial charge in [-0.1, -0.05) is 25.3 Å². The van der Waals surface area contributed by atoms with Crippen molar-refractivity contribution in [1.29, 1.82) is 0 Å². The first-order valence-corrected chi connectivity index (χ1v) is 6.63. The number of ether oxygens (including phenoxy) is 1. The van der Waals surface area contributed by atoms with Crippen LogP contribution in [0.2, 0.25) is 0 Å². The molecule has 2 rings (SSSR count). The zero-order valence-electron chi connectivity index (χ0n) is 11.1. The fraction of sp³-hybridized carbons (Fsp3) is 0.533. The summed E-state index contributed by atoms with van der Waals surface area (Å²) < 4.78 is 18.9. The van der Waals surface area contributed by atoms with E-state index in [1.54, 1.807) is 12.1 Å². The summed E-state index contributed by atoms with van der Waals surface area (Å²) in [4.78, 5) is 11.6. The number of aliphatic carboxylic acids is 1. The molecule has 3 nitrogen and oxygen atoms in total. The van der Waals surface area contributed by atoms with Gasteiger partial charge in [-0.15, -0.1) is 0 Å². The molecule has 0 saturated heterocycles. The number of halogens is 1. The molecule has 1 fully saturated rings. The highest BCUT2D eigenvalue weighted by atomic mass is 19.1. The van der Waals surface area contributed by atoms with Crippen LogP contribution in [0.15, 0.2) is 18.2 Å². The largest absolute Gasteiger partial charge is 0.497 e. The van der Waals surface area contributed by atoms with Crippen LogP contribution in [0.5, 0.6) is 5.75 Å². The van der Waals surface area contributed by atoms with E-state index >= 15 is 0 Å². The molecule has 0 aromatic heterocycles. The highest BCUT2D eigenvalue weighted by molar-refractivity contribution is 5.75. The Labute approximate surface area is 112 Å². The molecule has 0 radical (unpaired) electrons. The average molecular weight is 266 g/mol. The summed E-state index contributed by atoms with van der Waals surface area (Å²) in [5, 5.41) is 9.49. The van der Waals surface area contributed by atoms with Gasteiger partial charge in [-0.25, -0.2) is 4.39 Å². The fourth-order valence-electron chi connectivity index (χ4n) is 2.86. The lowest BCUT2D eigenvalue weighted by molar-refractivity contribution is -0.151. The van der Waals surface area contributed by atoms with Gasteiger partial charge in [0.2, 0.25) is 0 Å². The summed E-state index contributed by atoms with van der Waals surface area (Å²) in [6.07, 6.45) is 4.41. The minimum atomic E-state index is -0.803. The van der Waals surface area contributed by atoms with Gasteiger partial charge in [0.15, 0.2) is 0 Å². The molecule has 19 heavy (non-hydrogen) atoms. The predicted octanol–water partition coefficient (Wildman–Crippen LogP) is 3.41. The zero-order chi connectivity index (χ0) is 13.9. The van der Waals surface area contributed by atoms with Gasteiger partial charge in [0.05, 0.1) is 12.5 Å². The molecule has 0 aliphatic heterocycles. The van der Waals surface area contributed by atoms with Crippen molar-refractivity contribution in [2.24, 2.45) is 5.41 Å². The Morgan fingerprint density at radius 2 is 2.05 bits per heavy atom. The Balaban J connectivity index is 2.24. The molecule has 0 amide bonds. The molecule has 0 heterocycles. The van der Waals surface area contributed by atoms with Crippen molar-refractivity contribution in [2.75, 3.05) is 7.11 Å². The molecule has 4 heteroatoms. The summed E-state index contributed by atoms with van der Waals surface area (Å²) >= 11 is 0. The lowest BCUT2D eigenvalue weighted by atomic mass is 9.70. The first kappa shape index (κ1) is 13.8. The van der Waals surface area contributed by atoms with E-state index in [4.69, 9.17) is 4.74 Å². The van der Waals surface area contributed by atoms with E-state index in [-0.39, 0.29) is 12.2 Å². The number of hydrogen-bond donors (Lipinski definition) is 1. The Kier molecular flexibility index (Phi) is 4.08. The second kappa shape index (κ2) is 5.59. The van der Waals surface area contributed by atoms with Crippen molar-refractivity contribution in [2.45, 2.75) is 38.5 Å². The molecule has 1 N–H and O–H groups in total. The van der Waals surface area contributed by atoms with Gasteiger partial charge in [0.1, 0.15) is 11.6 Å². The Morgan fingerprint density at radius 3 is 2.58 bits per heavy atom. The standard InChI is InChI=1S/C15H19FO3/c1-19-12-6-5-11(13(16)9-12)10-15(14(17)18)7-3-2-4-8-15/h5-6,9H,2-4,7-8,10H2,1H3,(H,17,18). The quantitative estimate of drug-likeness (QED) is 0.908. The van der Waals surface area contributed by atoms with Gasteiger partial charge in [0, 0.05) is 6.07 Å². The smallest absolute Gasteiger partial charge is 0.309 e. The van der Waals surface area contributed by atoms with Gasteiger partial charge in [0.25, 0.3) is 0 Å². The van der Waals surface area contributed by atoms with Crippen LogP contribution in [0.1, 0.15) is 37.7 Å². The lowest BCUT2D eigenvalue weighted by Gasteiger charge is -2.33. The maximum absolute atomic E-state index is 14.0. The molecular weight excluding hydrogens is 247 g/mol. The van der Waals surface area contributed by atoms with Crippen LogP contribution in [0.4, 0.5) is 4.39 Å². The van der Waals surface area contributed by atoms with Gasteiger partial charge >= 0.3 is 5.97 Å². The molecule has 0 atom stereocenters. The average Bonchev–Trinajstić information content (AvgIpc) is 2.42. The molecule has 104 valence electrons. The highest BCUT2D eigenvalue weighted by Crippen LogP contribution is 2.40. The van der Waals surface area contributed by atoms with Gasteiger partial charge < -0.3 is 9.84 Å². The second-order valence-corrected chi connectivity index (χ2v) is 5.28. The third-order valence-electron chi connectivity index (χ3n) is 4.05. The number of carboxylic acid groups (broad SMARTS) is 1. The SMILES string of the molecule is COc1ccc(CC2(C(=O)O)CCCCC2)c(F)c1. The molecule has 1 saturated carbocycles. The molecule has 0 bridgehead atoms. The summed E-state index contributed by atoms with van der Waals surface area (Å²) in [5.41, 5.74) is -0.335. The van der Waals surface area contributed by atoms with Gasteiger partial charge in [-0.3, -0.25) is 4.79 Å². The van der Waals surface area contributed by atoms with Gasteiger partial charge in [-0.05, 0) is 30.9 Å². The fourth-order valence-corrected chi connectivity index (χ4v) is 2.86. The minimum Gasteiger partial charge on any atom is -0.497 e. The van der Waals surface area contributed by atoms with E-state index in [1.165, 1.54) is 13.2 Å². The van der Waals surface area contributed by atoms with Crippen molar-refractivity contribution in [3.05, 3.63) is 29.6 Å². The van der Waals surface area contributed by atoms with Crippen LogP contribution >= 0.6 is 0 Å². The van der Waals surface area contributed by atoms with Gasteiger partial charge in [-0.2, -0.15) is 0 Å². The molecule has 1 aliphatic carbocycles. The second-order valence-electron chi connectivity index (χ2n) is 5.28. The third kappa shape index (κ3) is 2.88. The topological polar surface area (TPSA) is 46.5 Å². The Bertz CT molecular complexity index is 464. The van der Waals surface area contributed by atoms with Crippen LogP contribution in [-0.4, -0.2) is 18.2 Å². The lowest BCUT2D eigenvalue weighted by Crippen LogP contribution is -2.35. The van der Waals surface area contributed by atoms with Crippen LogP contribution in [0, 0.1) is 11.2 Å². The first-order valence-electron chi connectivity index (χ1n) is 6.63. The first-order chi connectivity index (χ1) is 9.07. The number of carbonyl (C=O) groups is 1. The maximum Gasteiger partial charge on any atom is 0.309 e. The zero-order valence-corrected chi connectivity index (χ0v) is 11.1. The van der Waals surface area contributed by atoms with E-state index in [9.17, 15) is 14.3 Å². The molecule has 0 unspecified atom stereocenters. The molecule has 0 spiro atoms. The van der Waals surface area contributed by atoms with Crippen molar-refractivity contribution in [1.82, 2.24) is 0 Å².